The number of aromatic nitrogens is 1. The lowest BCUT2D eigenvalue weighted by molar-refractivity contribution is 0.639. The van der Waals surface area contributed by atoms with Gasteiger partial charge >= 0.3 is 0 Å². The largest absolute Gasteiger partial charge is 0.384 e. The fraction of sp³-hybridized carbons (Fsp3) is 0.357. The number of anilines is 1. The van der Waals surface area contributed by atoms with E-state index in [1.54, 1.807) is 6.07 Å². The summed E-state index contributed by atoms with van der Waals surface area (Å²) in [6, 6.07) is 3.22. The van der Waals surface area contributed by atoms with Gasteiger partial charge in [-0.25, -0.2) is 4.39 Å². The molecule has 0 unspecified atom stereocenters. The zero-order valence-electron chi connectivity index (χ0n) is 10.2. The first-order valence-corrected chi connectivity index (χ1v) is 7.05. The molecule has 0 aliphatic heterocycles. The molecule has 0 saturated heterocycles. The zero-order valence-corrected chi connectivity index (χ0v) is 11.8. The summed E-state index contributed by atoms with van der Waals surface area (Å²) in [5.41, 5.74) is 3.98. The number of hydrogen-bond acceptors (Lipinski definition) is 2. The van der Waals surface area contributed by atoms with Crippen LogP contribution < -0.4 is 5.32 Å². The van der Waals surface area contributed by atoms with Gasteiger partial charge in [0, 0.05) is 16.7 Å². The lowest BCUT2D eigenvalue weighted by Crippen LogP contribution is -2.05. The summed E-state index contributed by atoms with van der Waals surface area (Å²) in [6.07, 6.45) is 3.09. The van der Waals surface area contributed by atoms with E-state index in [4.69, 9.17) is 0 Å². The van der Waals surface area contributed by atoms with Crippen molar-refractivity contribution in [3.63, 3.8) is 0 Å². The third kappa shape index (κ3) is 1.70. The van der Waals surface area contributed by atoms with Gasteiger partial charge in [0.2, 0.25) is 0 Å². The topological polar surface area (TPSA) is 24.9 Å². The summed E-state index contributed by atoms with van der Waals surface area (Å²) in [6.45, 7) is 2.82. The molecule has 0 bridgehead atoms. The van der Waals surface area contributed by atoms with Gasteiger partial charge in [-0.05, 0) is 59.8 Å². The summed E-state index contributed by atoms with van der Waals surface area (Å²) >= 11 is 3.47. The Bertz CT molecular complexity index is 625. The Morgan fingerprint density at radius 2 is 2.22 bits per heavy atom. The Labute approximate surface area is 114 Å². The van der Waals surface area contributed by atoms with Crippen LogP contribution in [-0.4, -0.2) is 11.5 Å². The highest BCUT2D eigenvalue weighted by Crippen LogP contribution is 2.37. The van der Waals surface area contributed by atoms with Gasteiger partial charge in [-0.15, -0.1) is 0 Å². The number of pyridine rings is 1. The lowest BCUT2D eigenvalue weighted by atomic mass is 10.1. The van der Waals surface area contributed by atoms with E-state index in [-0.39, 0.29) is 5.82 Å². The summed E-state index contributed by atoms with van der Waals surface area (Å²) in [4.78, 5) is 4.63. The minimum Gasteiger partial charge on any atom is -0.384 e. The molecular formula is C14H14BrFN2. The van der Waals surface area contributed by atoms with Crippen LogP contribution in [0.5, 0.6) is 0 Å². The first kappa shape index (κ1) is 11.9. The zero-order chi connectivity index (χ0) is 12.7. The second kappa shape index (κ2) is 4.50. The summed E-state index contributed by atoms with van der Waals surface area (Å²) < 4.78 is 15.0. The van der Waals surface area contributed by atoms with Gasteiger partial charge in [-0.3, -0.25) is 4.98 Å². The number of halogens is 2. The highest BCUT2D eigenvalue weighted by Gasteiger charge is 2.22. The van der Waals surface area contributed by atoms with Gasteiger partial charge in [0.15, 0.2) is 0 Å². The number of fused-ring (bicyclic) bond motifs is 2. The standard InChI is InChI=1S/C14H14BrFN2/c1-2-17-13-8-4-3-5-11(8)18-14-9(15)6-7-10(16)12(13)14/h6-7H,2-5H2,1H3,(H,17,18). The third-order valence-electron chi connectivity index (χ3n) is 3.42. The van der Waals surface area contributed by atoms with E-state index in [9.17, 15) is 4.39 Å². The van der Waals surface area contributed by atoms with Crippen LogP contribution in [0.4, 0.5) is 10.1 Å². The second-order valence-corrected chi connectivity index (χ2v) is 5.40. The molecule has 1 aliphatic rings. The van der Waals surface area contributed by atoms with E-state index in [2.05, 4.69) is 26.2 Å². The van der Waals surface area contributed by atoms with E-state index >= 15 is 0 Å². The quantitative estimate of drug-likeness (QED) is 0.905. The molecule has 1 aromatic heterocycles. The molecule has 4 heteroatoms. The van der Waals surface area contributed by atoms with Gasteiger partial charge in [0.25, 0.3) is 0 Å². The van der Waals surface area contributed by atoms with Crippen molar-refractivity contribution >= 4 is 32.5 Å². The predicted molar refractivity (Wildman–Crippen MR) is 75.6 cm³/mol. The van der Waals surface area contributed by atoms with Crippen molar-refractivity contribution in [1.82, 2.24) is 4.98 Å². The SMILES string of the molecule is CCNc1c2c(nc3c(Br)ccc(F)c13)CCC2. The van der Waals surface area contributed by atoms with Crippen molar-refractivity contribution in [1.29, 1.82) is 0 Å². The van der Waals surface area contributed by atoms with E-state index in [0.29, 0.717) is 5.39 Å². The molecule has 94 valence electrons. The van der Waals surface area contributed by atoms with Crippen LogP contribution in [0, 0.1) is 5.82 Å². The highest BCUT2D eigenvalue weighted by atomic mass is 79.9. The van der Waals surface area contributed by atoms with Crippen LogP contribution in [0.1, 0.15) is 24.6 Å². The van der Waals surface area contributed by atoms with Gasteiger partial charge in [-0.2, -0.15) is 0 Å². The molecule has 3 rings (SSSR count). The van der Waals surface area contributed by atoms with Crippen molar-refractivity contribution in [2.75, 3.05) is 11.9 Å². The normalized spacial score (nSPS) is 13.9. The third-order valence-corrected chi connectivity index (χ3v) is 4.06. The average molecular weight is 309 g/mol. The fourth-order valence-corrected chi connectivity index (χ4v) is 3.09. The number of rotatable bonds is 2. The van der Waals surface area contributed by atoms with Crippen LogP contribution in [0.25, 0.3) is 10.9 Å². The Kier molecular flexibility index (Phi) is 2.98. The Balaban J connectivity index is 2.42. The van der Waals surface area contributed by atoms with Crippen LogP contribution in [-0.2, 0) is 12.8 Å². The molecule has 0 atom stereocenters. The van der Waals surface area contributed by atoms with Crippen molar-refractivity contribution in [3.8, 4) is 0 Å². The van der Waals surface area contributed by atoms with E-state index in [0.717, 1.165) is 47.2 Å². The van der Waals surface area contributed by atoms with E-state index in [1.807, 2.05) is 6.92 Å². The first-order valence-electron chi connectivity index (χ1n) is 6.25. The second-order valence-electron chi connectivity index (χ2n) is 4.55. The fourth-order valence-electron chi connectivity index (χ4n) is 2.67. The van der Waals surface area contributed by atoms with Gasteiger partial charge in [0.1, 0.15) is 5.82 Å². The highest BCUT2D eigenvalue weighted by molar-refractivity contribution is 9.10. The van der Waals surface area contributed by atoms with Crippen molar-refractivity contribution in [2.24, 2.45) is 0 Å². The van der Waals surface area contributed by atoms with E-state index in [1.165, 1.54) is 11.6 Å². The number of hydrogen-bond donors (Lipinski definition) is 1. The molecule has 0 saturated carbocycles. The maximum atomic E-state index is 14.1. The lowest BCUT2D eigenvalue weighted by Gasteiger charge is -2.14. The number of nitrogens with zero attached hydrogens (tertiary/aromatic N) is 1. The van der Waals surface area contributed by atoms with Crippen molar-refractivity contribution in [3.05, 3.63) is 33.7 Å². The van der Waals surface area contributed by atoms with Crippen molar-refractivity contribution < 1.29 is 4.39 Å². The Morgan fingerprint density at radius 1 is 1.39 bits per heavy atom. The molecular weight excluding hydrogens is 295 g/mol. The molecule has 1 heterocycles. The average Bonchev–Trinajstić information content (AvgIpc) is 2.82. The molecule has 18 heavy (non-hydrogen) atoms. The predicted octanol–water partition coefficient (Wildman–Crippen LogP) is 4.06. The van der Waals surface area contributed by atoms with Crippen molar-refractivity contribution in [2.45, 2.75) is 26.2 Å². The molecule has 1 aromatic carbocycles. The summed E-state index contributed by atoms with van der Waals surface area (Å²) in [7, 11) is 0. The maximum Gasteiger partial charge on any atom is 0.134 e. The molecule has 2 nitrogen and oxygen atoms in total. The minimum absolute atomic E-state index is 0.202. The molecule has 0 amide bonds. The Hall–Kier alpha value is -1.16. The molecule has 0 radical (unpaired) electrons. The number of benzene rings is 1. The van der Waals surface area contributed by atoms with E-state index < -0.39 is 0 Å². The number of aryl methyl sites for hydroxylation is 1. The molecule has 1 aliphatic carbocycles. The van der Waals surface area contributed by atoms with Gasteiger partial charge in [-0.1, -0.05) is 0 Å². The van der Waals surface area contributed by atoms with Crippen LogP contribution in [0.3, 0.4) is 0 Å². The summed E-state index contributed by atoms with van der Waals surface area (Å²) in [5, 5.41) is 3.94. The van der Waals surface area contributed by atoms with Gasteiger partial charge < -0.3 is 5.32 Å². The van der Waals surface area contributed by atoms with Crippen LogP contribution >= 0.6 is 15.9 Å². The monoisotopic (exact) mass is 308 g/mol. The smallest absolute Gasteiger partial charge is 0.134 e. The molecule has 0 spiro atoms. The Morgan fingerprint density at radius 3 is 3.00 bits per heavy atom. The summed E-state index contributed by atoms with van der Waals surface area (Å²) in [5.74, 6) is -0.202. The number of nitrogens with one attached hydrogen (secondary N) is 1. The van der Waals surface area contributed by atoms with Gasteiger partial charge in [0.05, 0.1) is 16.6 Å². The maximum absolute atomic E-state index is 14.1. The van der Waals surface area contributed by atoms with Crippen LogP contribution in [0.15, 0.2) is 16.6 Å². The molecule has 0 fully saturated rings. The molecule has 1 N–H and O–H groups in total. The molecule has 2 aromatic rings. The minimum atomic E-state index is -0.202. The first-order chi connectivity index (χ1) is 8.72. The van der Waals surface area contributed by atoms with Crippen LogP contribution in [0.2, 0.25) is 0 Å².